The van der Waals surface area contributed by atoms with E-state index >= 15 is 0 Å². The van der Waals surface area contributed by atoms with Crippen LogP contribution in [0.3, 0.4) is 0 Å². The Morgan fingerprint density at radius 1 is 1.09 bits per heavy atom. The molecule has 34 heavy (non-hydrogen) atoms. The van der Waals surface area contributed by atoms with E-state index in [2.05, 4.69) is 25.3 Å². The lowest BCUT2D eigenvalue weighted by Gasteiger charge is -2.15. The van der Waals surface area contributed by atoms with Crippen LogP contribution < -0.4 is 5.32 Å². The highest BCUT2D eigenvalue weighted by Crippen LogP contribution is 2.26. The van der Waals surface area contributed by atoms with Gasteiger partial charge in [0.25, 0.3) is 0 Å². The molecule has 1 amide bonds. The minimum atomic E-state index is -1.55. The van der Waals surface area contributed by atoms with Crippen LogP contribution in [0, 0.1) is 5.82 Å². The number of aromatic nitrogens is 5. The Balaban J connectivity index is 1.41. The van der Waals surface area contributed by atoms with Crippen molar-refractivity contribution in [1.82, 2.24) is 24.5 Å². The summed E-state index contributed by atoms with van der Waals surface area (Å²) in [5, 5.41) is 2.63. The number of carbonyl (C=O) groups is 1. The van der Waals surface area contributed by atoms with Crippen molar-refractivity contribution in [3.63, 3.8) is 0 Å². The van der Waals surface area contributed by atoms with Crippen molar-refractivity contribution in [2.24, 2.45) is 7.05 Å². The molecule has 0 radical (unpaired) electrons. The maximum absolute atomic E-state index is 14.8. The zero-order chi connectivity index (χ0) is 24.3. The molecule has 0 saturated heterocycles. The minimum Gasteiger partial charge on any atom is -0.340 e. The number of hydrogen-bond acceptors (Lipinski definition) is 5. The second-order valence-electron chi connectivity index (χ2n) is 8.54. The number of pyridine rings is 1. The van der Waals surface area contributed by atoms with Crippen LogP contribution >= 0.6 is 0 Å². The summed E-state index contributed by atoms with van der Waals surface area (Å²) in [6.07, 6.45) is 8.60. The molecule has 0 aliphatic carbocycles. The molecule has 3 aromatic heterocycles. The van der Waals surface area contributed by atoms with Gasteiger partial charge in [0.1, 0.15) is 23.1 Å². The van der Waals surface area contributed by atoms with Crippen molar-refractivity contribution >= 4 is 11.7 Å². The minimum absolute atomic E-state index is 0.0539. The van der Waals surface area contributed by atoms with E-state index < -0.39 is 11.5 Å². The number of nitrogens with zero attached hydrogens (tertiary/aromatic N) is 5. The maximum atomic E-state index is 14.8. The Kier molecular flexibility index (Phi) is 6.45. The van der Waals surface area contributed by atoms with Gasteiger partial charge in [-0.3, -0.25) is 4.79 Å². The number of rotatable bonds is 7. The first kappa shape index (κ1) is 23.2. The van der Waals surface area contributed by atoms with Crippen molar-refractivity contribution in [3.05, 3.63) is 89.9 Å². The standard InChI is InChI=1S/C25H24F2N6O/c1-25(2,27)18-6-7-28-23(10-18)32-24(34)9-16-4-5-20(21(26)8-16)17-12-29-22(30-13-17)11-19-14-33(3)15-31-19/h4-8,10,12-15H,9,11H2,1-3H3,(H,28,32,34). The molecule has 1 N–H and O–H groups in total. The predicted octanol–water partition coefficient (Wildman–Crippen LogP) is 4.39. The van der Waals surface area contributed by atoms with E-state index in [-0.39, 0.29) is 18.1 Å². The summed E-state index contributed by atoms with van der Waals surface area (Å²) in [7, 11) is 1.89. The van der Waals surface area contributed by atoms with Gasteiger partial charge in [-0.05, 0) is 43.2 Å². The number of carbonyl (C=O) groups excluding carboxylic acids is 1. The van der Waals surface area contributed by atoms with E-state index in [4.69, 9.17) is 0 Å². The van der Waals surface area contributed by atoms with Crippen molar-refractivity contribution < 1.29 is 13.6 Å². The van der Waals surface area contributed by atoms with E-state index in [0.29, 0.717) is 34.5 Å². The van der Waals surface area contributed by atoms with Gasteiger partial charge in [0, 0.05) is 43.0 Å². The molecule has 0 saturated carbocycles. The van der Waals surface area contributed by atoms with E-state index in [0.717, 1.165) is 5.69 Å². The number of imidazole rings is 1. The number of amides is 1. The third kappa shape index (κ3) is 5.67. The zero-order valence-electron chi connectivity index (χ0n) is 19.1. The SMILES string of the molecule is Cn1cnc(Cc2ncc(-c3ccc(CC(=O)Nc4cc(C(C)(C)F)ccn4)cc3F)cn2)c1. The number of hydrogen-bond donors (Lipinski definition) is 1. The molecule has 3 heterocycles. The van der Waals surface area contributed by atoms with Gasteiger partial charge in [0.2, 0.25) is 5.91 Å². The molecule has 0 spiro atoms. The maximum Gasteiger partial charge on any atom is 0.229 e. The summed E-state index contributed by atoms with van der Waals surface area (Å²) in [5.74, 6) is -0.0282. The van der Waals surface area contributed by atoms with Crippen molar-refractivity contribution in [2.45, 2.75) is 32.4 Å². The average molecular weight is 463 g/mol. The lowest BCUT2D eigenvalue weighted by Crippen LogP contribution is -2.17. The van der Waals surface area contributed by atoms with Crippen LogP contribution in [0.4, 0.5) is 14.6 Å². The first-order valence-electron chi connectivity index (χ1n) is 10.7. The van der Waals surface area contributed by atoms with Gasteiger partial charge in [-0.1, -0.05) is 12.1 Å². The normalized spacial score (nSPS) is 11.4. The number of aryl methyl sites for hydroxylation is 1. The van der Waals surface area contributed by atoms with Gasteiger partial charge in [-0.25, -0.2) is 28.7 Å². The largest absolute Gasteiger partial charge is 0.340 e. The van der Waals surface area contributed by atoms with Crippen molar-refractivity contribution in [1.29, 1.82) is 0 Å². The molecule has 7 nitrogen and oxygen atoms in total. The lowest BCUT2D eigenvalue weighted by molar-refractivity contribution is -0.115. The summed E-state index contributed by atoms with van der Waals surface area (Å²) in [6.45, 7) is 2.86. The van der Waals surface area contributed by atoms with Crippen LogP contribution in [0.2, 0.25) is 0 Å². The Hall–Kier alpha value is -4.01. The highest BCUT2D eigenvalue weighted by atomic mass is 19.1. The van der Waals surface area contributed by atoms with Crippen LogP contribution in [0.15, 0.2) is 61.4 Å². The third-order valence-electron chi connectivity index (χ3n) is 5.23. The van der Waals surface area contributed by atoms with Gasteiger partial charge in [-0.15, -0.1) is 0 Å². The fourth-order valence-corrected chi connectivity index (χ4v) is 3.45. The van der Waals surface area contributed by atoms with Gasteiger partial charge in [0.05, 0.1) is 24.9 Å². The zero-order valence-corrected chi connectivity index (χ0v) is 19.1. The van der Waals surface area contributed by atoms with Crippen LogP contribution in [0.25, 0.3) is 11.1 Å². The summed E-state index contributed by atoms with van der Waals surface area (Å²) in [4.78, 5) is 29.3. The lowest BCUT2D eigenvalue weighted by atomic mass is 10.0. The molecule has 0 aliphatic rings. The van der Waals surface area contributed by atoms with Crippen LogP contribution in [0.1, 0.15) is 36.5 Å². The molecule has 0 fully saturated rings. The molecule has 9 heteroatoms. The van der Waals surface area contributed by atoms with Crippen molar-refractivity contribution in [3.8, 4) is 11.1 Å². The molecule has 4 aromatic rings. The molecule has 174 valence electrons. The van der Waals surface area contributed by atoms with Gasteiger partial charge in [-0.2, -0.15) is 0 Å². The van der Waals surface area contributed by atoms with E-state index in [1.54, 1.807) is 36.9 Å². The summed E-state index contributed by atoms with van der Waals surface area (Å²) in [5.41, 5.74) is 1.07. The topological polar surface area (TPSA) is 85.6 Å². The van der Waals surface area contributed by atoms with Gasteiger partial charge < -0.3 is 9.88 Å². The second kappa shape index (κ2) is 9.46. The number of benzene rings is 1. The summed E-state index contributed by atoms with van der Waals surface area (Å²) >= 11 is 0. The van der Waals surface area contributed by atoms with Gasteiger partial charge >= 0.3 is 0 Å². The first-order valence-corrected chi connectivity index (χ1v) is 10.7. The average Bonchev–Trinajstić information content (AvgIpc) is 3.18. The summed E-state index contributed by atoms with van der Waals surface area (Å²) in [6, 6.07) is 7.62. The molecule has 0 aliphatic heterocycles. The number of alkyl halides is 1. The third-order valence-corrected chi connectivity index (χ3v) is 5.23. The van der Waals surface area contributed by atoms with E-state index in [1.807, 2.05) is 17.8 Å². The Bertz CT molecular complexity index is 1310. The predicted molar refractivity (Wildman–Crippen MR) is 124 cm³/mol. The number of halogens is 2. The molecular formula is C25H24F2N6O. The first-order chi connectivity index (χ1) is 16.2. The van der Waals surface area contributed by atoms with E-state index in [9.17, 15) is 13.6 Å². The fraction of sp³-hybridized carbons (Fsp3) is 0.240. The molecule has 4 rings (SSSR count). The molecule has 1 aromatic carbocycles. The Morgan fingerprint density at radius 2 is 1.85 bits per heavy atom. The van der Waals surface area contributed by atoms with Crippen LogP contribution in [-0.4, -0.2) is 30.4 Å². The van der Waals surface area contributed by atoms with Crippen molar-refractivity contribution in [2.75, 3.05) is 5.32 Å². The van der Waals surface area contributed by atoms with E-state index in [1.165, 1.54) is 32.2 Å². The monoisotopic (exact) mass is 462 g/mol. The quantitative estimate of drug-likeness (QED) is 0.440. The smallest absolute Gasteiger partial charge is 0.229 e. The Labute approximate surface area is 195 Å². The second-order valence-corrected chi connectivity index (χ2v) is 8.54. The Morgan fingerprint density at radius 3 is 2.50 bits per heavy atom. The van der Waals surface area contributed by atoms with Crippen LogP contribution in [-0.2, 0) is 30.4 Å². The van der Waals surface area contributed by atoms with Crippen LogP contribution in [0.5, 0.6) is 0 Å². The number of nitrogens with one attached hydrogen (secondary N) is 1. The molecular weight excluding hydrogens is 438 g/mol. The fourth-order valence-electron chi connectivity index (χ4n) is 3.45. The highest BCUT2D eigenvalue weighted by molar-refractivity contribution is 5.91. The molecule has 0 bridgehead atoms. The summed E-state index contributed by atoms with van der Waals surface area (Å²) < 4.78 is 30.8. The molecule has 0 unspecified atom stereocenters. The van der Waals surface area contributed by atoms with Gasteiger partial charge in [0.15, 0.2) is 0 Å². The number of anilines is 1. The highest BCUT2D eigenvalue weighted by Gasteiger charge is 2.19. The molecule has 0 atom stereocenters.